The van der Waals surface area contributed by atoms with Crippen LogP contribution >= 0.6 is 0 Å². The van der Waals surface area contributed by atoms with Gasteiger partial charge in [0.15, 0.2) is 0 Å². The summed E-state index contributed by atoms with van der Waals surface area (Å²) in [6.45, 7) is 6.50. The first-order valence-electron chi connectivity index (χ1n) is 6.38. The van der Waals surface area contributed by atoms with Gasteiger partial charge in [-0.15, -0.1) is 0 Å². The average Bonchev–Trinajstić information content (AvgIpc) is 2.76. The summed E-state index contributed by atoms with van der Waals surface area (Å²) in [6.07, 6.45) is 3.82. The van der Waals surface area contributed by atoms with Crippen molar-refractivity contribution >= 4 is 0 Å². The van der Waals surface area contributed by atoms with Gasteiger partial charge in [-0.05, 0) is 31.9 Å². The smallest absolute Gasteiger partial charge is 0.125 e. The van der Waals surface area contributed by atoms with E-state index in [4.69, 9.17) is 0 Å². The van der Waals surface area contributed by atoms with E-state index in [1.807, 2.05) is 19.4 Å². The average molecular weight is 243 g/mol. The van der Waals surface area contributed by atoms with E-state index in [2.05, 4.69) is 59.9 Å². The zero-order chi connectivity index (χ0) is 13.1. The standard InChI is InChI=1S/C15H21N3/c1-11-7-5-6-8-14(11)12(2)17-13(3)15-16-9-10-18(15)4/h5-10,12-13,17H,1-4H3/t12-,13?/m0/s1. The first kappa shape index (κ1) is 12.8. The molecule has 0 fully saturated rings. The SMILES string of the molecule is Cc1ccccc1[C@H](C)NC(C)c1nccn1C. The summed E-state index contributed by atoms with van der Waals surface area (Å²) in [6, 6.07) is 9.05. The Morgan fingerprint density at radius 3 is 2.50 bits per heavy atom. The van der Waals surface area contributed by atoms with Crippen molar-refractivity contribution in [3.05, 3.63) is 53.6 Å². The van der Waals surface area contributed by atoms with E-state index >= 15 is 0 Å². The third kappa shape index (κ3) is 2.62. The molecular weight excluding hydrogens is 222 g/mol. The zero-order valence-corrected chi connectivity index (χ0v) is 11.5. The van der Waals surface area contributed by atoms with Gasteiger partial charge >= 0.3 is 0 Å². The molecule has 0 aliphatic heterocycles. The third-order valence-corrected chi connectivity index (χ3v) is 3.40. The first-order chi connectivity index (χ1) is 8.59. The lowest BCUT2D eigenvalue weighted by Gasteiger charge is -2.21. The Hall–Kier alpha value is -1.61. The third-order valence-electron chi connectivity index (χ3n) is 3.40. The molecule has 0 aliphatic rings. The number of rotatable bonds is 4. The first-order valence-corrected chi connectivity index (χ1v) is 6.38. The van der Waals surface area contributed by atoms with Gasteiger partial charge in [0.2, 0.25) is 0 Å². The summed E-state index contributed by atoms with van der Waals surface area (Å²) in [7, 11) is 2.03. The van der Waals surface area contributed by atoms with Gasteiger partial charge in [-0.3, -0.25) is 0 Å². The van der Waals surface area contributed by atoms with Crippen LogP contribution in [0.15, 0.2) is 36.7 Å². The van der Waals surface area contributed by atoms with Crippen molar-refractivity contribution in [2.75, 3.05) is 0 Å². The quantitative estimate of drug-likeness (QED) is 0.894. The van der Waals surface area contributed by atoms with Crippen LogP contribution in [0.5, 0.6) is 0 Å². The monoisotopic (exact) mass is 243 g/mol. The molecule has 2 atom stereocenters. The van der Waals surface area contributed by atoms with Gasteiger partial charge in [0.1, 0.15) is 5.82 Å². The number of aryl methyl sites for hydroxylation is 2. The highest BCUT2D eigenvalue weighted by Gasteiger charge is 2.15. The fourth-order valence-corrected chi connectivity index (χ4v) is 2.41. The lowest BCUT2D eigenvalue weighted by Crippen LogP contribution is -2.25. The molecule has 96 valence electrons. The van der Waals surface area contributed by atoms with E-state index in [9.17, 15) is 0 Å². The van der Waals surface area contributed by atoms with E-state index < -0.39 is 0 Å². The van der Waals surface area contributed by atoms with Crippen molar-refractivity contribution in [1.29, 1.82) is 0 Å². The predicted molar refractivity (Wildman–Crippen MR) is 74.4 cm³/mol. The Bertz CT molecular complexity index is 516. The topological polar surface area (TPSA) is 29.9 Å². The molecule has 1 N–H and O–H groups in total. The second kappa shape index (κ2) is 5.36. The molecule has 2 aromatic rings. The summed E-state index contributed by atoms with van der Waals surface area (Å²) < 4.78 is 2.06. The summed E-state index contributed by atoms with van der Waals surface area (Å²) in [5.74, 6) is 1.07. The molecule has 1 aromatic carbocycles. The number of imidazole rings is 1. The molecule has 0 amide bonds. The minimum Gasteiger partial charge on any atom is -0.337 e. The maximum Gasteiger partial charge on any atom is 0.125 e. The number of hydrogen-bond acceptors (Lipinski definition) is 2. The van der Waals surface area contributed by atoms with Crippen molar-refractivity contribution in [1.82, 2.24) is 14.9 Å². The summed E-state index contributed by atoms with van der Waals surface area (Å²) in [5, 5.41) is 3.60. The van der Waals surface area contributed by atoms with Crippen molar-refractivity contribution in [2.45, 2.75) is 32.9 Å². The van der Waals surface area contributed by atoms with Crippen LogP contribution in [0.4, 0.5) is 0 Å². The maximum absolute atomic E-state index is 4.39. The van der Waals surface area contributed by atoms with E-state index in [1.54, 1.807) is 0 Å². The molecule has 0 radical (unpaired) electrons. The number of nitrogens with zero attached hydrogens (tertiary/aromatic N) is 2. The van der Waals surface area contributed by atoms with Crippen LogP contribution in [0, 0.1) is 6.92 Å². The lowest BCUT2D eigenvalue weighted by molar-refractivity contribution is 0.466. The summed E-state index contributed by atoms with van der Waals surface area (Å²) >= 11 is 0. The Labute approximate surface area is 109 Å². The Balaban J connectivity index is 2.11. The molecule has 0 spiro atoms. The molecule has 3 heteroatoms. The van der Waals surface area contributed by atoms with Crippen LogP contribution in [0.3, 0.4) is 0 Å². The highest BCUT2D eigenvalue weighted by atomic mass is 15.1. The molecule has 3 nitrogen and oxygen atoms in total. The van der Waals surface area contributed by atoms with Gasteiger partial charge in [0.05, 0.1) is 6.04 Å². The fraction of sp³-hybridized carbons (Fsp3) is 0.400. The van der Waals surface area contributed by atoms with Gasteiger partial charge < -0.3 is 9.88 Å². The molecule has 18 heavy (non-hydrogen) atoms. The predicted octanol–water partition coefficient (Wildman–Crippen LogP) is 3.14. The molecule has 0 saturated heterocycles. The molecule has 1 heterocycles. The summed E-state index contributed by atoms with van der Waals surface area (Å²) in [5.41, 5.74) is 2.67. The number of hydrogen-bond donors (Lipinski definition) is 1. The minimum absolute atomic E-state index is 0.236. The van der Waals surface area contributed by atoms with Crippen molar-refractivity contribution in [2.24, 2.45) is 7.05 Å². The number of nitrogens with one attached hydrogen (secondary N) is 1. The van der Waals surface area contributed by atoms with E-state index in [0.29, 0.717) is 6.04 Å². The Kier molecular flexibility index (Phi) is 3.82. The lowest BCUT2D eigenvalue weighted by atomic mass is 10.0. The van der Waals surface area contributed by atoms with Crippen molar-refractivity contribution in [3.63, 3.8) is 0 Å². The molecule has 1 unspecified atom stereocenters. The highest BCUT2D eigenvalue weighted by Crippen LogP contribution is 2.20. The highest BCUT2D eigenvalue weighted by molar-refractivity contribution is 5.28. The van der Waals surface area contributed by atoms with Crippen LogP contribution in [-0.4, -0.2) is 9.55 Å². The number of benzene rings is 1. The van der Waals surface area contributed by atoms with Crippen LogP contribution in [0.25, 0.3) is 0 Å². The molecule has 0 saturated carbocycles. The maximum atomic E-state index is 4.39. The van der Waals surface area contributed by atoms with Gasteiger partial charge in [0, 0.05) is 25.5 Å². The summed E-state index contributed by atoms with van der Waals surface area (Å²) in [4.78, 5) is 4.39. The van der Waals surface area contributed by atoms with Crippen molar-refractivity contribution < 1.29 is 0 Å². The van der Waals surface area contributed by atoms with Crippen LogP contribution in [0.2, 0.25) is 0 Å². The molecule has 0 bridgehead atoms. The normalized spacial score (nSPS) is 14.4. The molecule has 0 aliphatic carbocycles. The van der Waals surface area contributed by atoms with E-state index in [0.717, 1.165) is 5.82 Å². The van der Waals surface area contributed by atoms with Gasteiger partial charge in [-0.1, -0.05) is 24.3 Å². The van der Waals surface area contributed by atoms with Gasteiger partial charge in [0.25, 0.3) is 0 Å². The van der Waals surface area contributed by atoms with Crippen LogP contribution in [0.1, 0.15) is 42.9 Å². The molecular formula is C15H21N3. The van der Waals surface area contributed by atoms with E-state index in [1.165, 1.54) is 11.1 Å². The van der Waals surface area contributed by atoms with Crippen LogP contribution < -0.4 is 5.32 Å². The fourth-order valence-electron chi connectivity index (χ4n) is 2.41. The minimum atomic E-state index is 0.236. The van der Waals surface area contributed by atoms with Gasteiger partial charge in [-0.25, -0.2) is 4.98 Å². The van der Waals surface area contributed by atoms with Crippen molar-refractivity contribution in [3.8, 4) is 0 Å². The van der Waals surface area contributed by atoms with Gasteiger partial charge in [-0.2, -0.15) is 0 Å². The zero-order valence-electron chi connectivity index (χ0n) is 11.5. The molecule has 2 rings (SSSR count). The number of aromatic nitrogens is 2. The Morgan fingerprint density at radius 1 is 1.17 bits per heavy atom. The van der Waals surface area contributed by atoms with E-state index in [-0.39, 0.29) is 6.04 Å². The second-order valence-electron chi connectivity index (χ2n) is 4.86. The Morgan fingerprint density at radius 2 is 1.89 bits per heavy atom. The second-order valence-corrected chi connectivity index (χ2v) is 4.86. The van der Waals surface area contributed by atoms with Crippen LogP contribution in [-0.2, 0) is 7.05 Å². The molecule has 1 aromatic heterocycles. The largest absolute Gasteiger partial charge is 0.337 e.